The van der Waals surface area contributed by atoms with Gasteiger partial charge in [-0.05, 0) is 68.2 Å². The minimum Gasteiger partial charge on any atom is -0.357 e. The van der Waals surface area contributed by atoms with Gasteiger partial charge in [-0.15, -0.1) is 0 Å². The second-order valence-electron chi connectivity index (χ2n) is 8.24. The van der Waals surface area contributed by atoms with E-state index < -0.39 is 0 Å². The Morgan fingerprint density at radius 3 is 2.79 bits per heavy atom. The molecule has 0 atom stereocenters. The average Bonchev–Trinajstić information content (AvgIpc) is 3.16. The van der Waals surface area contributed by atoms with Crippen molar-refractivity contribution in [3.8, 4) is 0 Å². The second-order valence-corrected chi connectivity index (χ2v) is 8.24. The highest BCUT2D eigenvalue weighted by Crippen LogP contribution is 2.27. The lowest BCUT2D eigenvalue weighted by Crippen LogP contribution is -2.37. The first-order chi connectivity index (χ1) is 13.7. The van der Waals surface area contributed by atoms with Crippen LogP contribution in [-0.2, 0) is 19.4 Å². The lowest BCUT2D eigenvalue weighted by molar-refractivity contribution is 0.333. The van der Waals surface area contributed by atoms with Crippen LogP contribution in [0.2, 0.25) is 0 Å². The first kappa shape index (κ1) is 17.4. The van der Waals surface area contributed by atoms with Crippen LogP contribution in [-0.4, -0.2) is 27.9 Å². The van der Waals surface area contributed by atoms with Gasteiger partial charge in [0.25, 0.3) is 5.56 Å². The van der Waals surface area contributed by atoms with Gasteiger partial charge in [-0.1, -0.05) is 18.2 Å². The SMILES string of the molecule is Cc1cc(N2CCC(Cn3nc4c(cc3=O)CCC4)CC2)nc2ccccc12. The molecule has 2 aromatic heterocycles. The molecule has 5 heteroatoms. The van der Waals surface area contributed by atoms with Crippen LogP contribution in [0.1, 0.15) is 36.1 Å². The number of nitrogens with zero attached hydrogens (tertiary/aromatic N) is 4. The minimum absolute atomic E-state index is 0.0647. The Morgan fingerprint density at radius 1 is 1.11 bits per heavy atom. The van der Waals surface area contributed by atoms with Gasteiger partial charge in [0.2, 0.25) is 0 Å². The molecule has 3 heterocycles. The van der Waals surface area contributed by atoms with Crippen LogP contribution in [0.4, 0.5) is 5.82 Å². The summed E-state index contributed by atoms with van der Waals surface area (Å²) in [6.45, 7) is 4.86. The molecule has 2 aliphatic rings. The molecule has 1 aromatic carbocycles. The van der Waals surface area contributed by atoms with Gasteiger partial charge in [0.15, 0.2) is 0 Å². The van der Waals surface area contributed by atoms with Gasteiger partial charge in [0, 0.05) is 31.1 Å². The Labute approximate surface area is 165 Å². The fourth-order valence-corrected chi connectivity index (χ4v) is 4.65. The summed E-state index contributed by atoms with van der Waals surface area (Å²) in [5, 5.41) is 5.87. The number of para-hydroxylation sites is 1. The number of benzene rings is 1. The van der Waals surface area contributed by atoms with Crippen LogP contribution in [0.3, 0.4) is 0 Å². The van der Waals surface area contributed by atoms with Gasteiger partial charge >= 0.3 is 0 Å². The predicted molar refractivity (Wildman–Crippen MR) is 112 cm³/mol. The van der Waals surface area contributed by atoms with Crippen LogP contribution in [0.5, 0.6) is 0 Å². The number of hydrogen-bond acceptors (Lipinski definition) is 4. The van der Waals surface area contributed by atoms with Crippen molar-refractivity contribution >= 4 is 16.7 Å². The standard InChI is InChI=1S/C23H26N4O/c1-16-13-22(24-21-7-3-2-6-19(16)21)26-11-9-17(10-12-26)15-27-23(28)14-18-5-4-8-20(18)25-27/h2-3,6-7,13-14,17H,4-5,8-12,15H2,1H3. The monoisotopic (exact) mass is 374 g/mol. The molecule has 1 aliphatic carbocycles. The molecule has 0 unspecified atom stereocenters. The fourth-order valence-electron chi connectivity index (χ4n) is 4.65. The Balaban J connectivity index is 1.29. The summed E-state index contributed by atoms with van der Waals surface area (Å²) in [5.74, 6) is 1.57. The van der Waals surface area contributed by atoms with Crippen molar-refractivity contribution in [3.63, 3.8) is 0 Å². The molecular formula is C23H26N4O. The van der Waals surface area contributed by atoms with Crippen LogP contribution in [0.15, 0.2) is 41.2 Å². The first-order valence-electron chi connectivity index (χ1n) is 10.4. The molecule has 1 saturated heterocycles. The molecule has 0 radical (unpaired) electrons. The molecule has 5 rings (SSSR count). The van der Waals surface area contributed by atoms with Crippen molar-refractivity contribution in [2.45, 2.75) is 45.6 Å². The van der Waals surface area contributed by atoms with Gasteiger partial charge in [-0.2, -0.15) is 5.10 Å². The van der Waals surface area contributed by atoms with Crippen LogP contribution < -0.4 is 10.5 Å². The summed E-state index contributed by atoms with van der Waals surface area (Å²) in [7, 11) is 0. The zero-order chi connectivity index (χ0) is 19.1. The highest BCUT2D eigenvalue weighted by molar-refractivity contribution is 5.83. The average molecular weight is 374 g/mol. The maximum absolute atomic E-state index is 12.4. The van der Waals surface area contributed by atoms with E-state index in [4.69, 9.17) is 4.98 Å². The Bertz CT molecular complexity index is 1080. The summed E-state index contributed by atoms with van der Waals surface area (Å²) in [5.41, 5.74) is 4.70. The number of aryl methyl sites for hydroxylation is 3. The van der Waals surface area contributed by atoms with E-state index in [1.165, 1.54) is 10.9 Å². The smallest absolute Gasteiger partial charge is 0.267 e. The van der Waals surface area contributed by atoms with E-state index in [0.717, 1.165) is 74.3 Å². The van der Waals surface area contributed by atoms with E-state index in [-0.39, 0.29) is 5.56 Å². The Kier molecular flexibility index (Phi) is 4.38. The largest absolute Gasteiger partial charge is 0.357 e. The Morgan fingerprint density at radius 2 is 1.93 bits per heavy atom. The summed E-state index contributed by atoms with van der Waals surface area (Å²) in [6, 6.07) is 12.4. The van der Waals surface area contributed by atoms with Gasteiger partial charge in [0.05, 0.1) is 11.2 Å². The van der Waals surface area contributed by atoms with E-state index >= 15 is 0 Å². The summed E-state index contributed by atoms with van der Waals surface area (Å²) < 4.78 is 1.71. The number of hydrogen-bond donors (Lipinski definition) is 0. The maximum atomic E-state index is 12.4. The number of aromatic nitrogens is 3. The Hall–Kier alpha value is -2.69. The second kappa shape index (κ2) is 7.04. The number of anilines is 1. The number of fused-ring (bicyclic) bond motifs is 2. The van der Waals surface area contributed by atoms with E-state index in [1.807, 2.05) is 12.1 Å². The van der Waals surface area contributed by atoms with Crippen molar-refractivity contribution in [2.24, 2.45) is 5.92 Å². The minimum atomic E-state index is 0.0647. The lowest BCUT2D eigenvalue weighted by Gasteiger charge is -2.33. The third-order valence-corrected chi connectivity index (χ3v) is 6.30. The summed E-state index contributed by atoms with van der Waals surface area (Å²) >= 11 is 0. The van der Waals surface area contributed by atoms with E-state index in [2.05, 4.69) is 41.2 Å². The normalized spacial score (nSPS) is 17.2. The van der Waals surface area contributed by atoms with Gasteiger partial charge < -0.3 is 4.90 Å². The molecule has 1 aliphatic heterocycles. The molecule has 0 N–H and O–H groups in total. The maximum Gasteiger partial charge on any atom is 0.267 e. The summed E-state index contributed by atoms with van der Waals surface area (Å²) in [4.78, 5) is 19.6. The number of rotatable bonds is 3. The summed E-state index contributed by atoms with van der Waals surface area (Å²) in [6.07, 6.45) is 5.29. The molecule has 3 aromatic rings. The van der Waals surface area contributed by atoms with E-state index in [0.29, 0.717) is 5.92 Å². The zero-order valence-corrected chi connectivity index (χ0v) is 16.4. The highest BCUT2D eigenvalue weighted by Gasteiger charge is 2.23. The van der Waals surface area contributed by atoms with Gasteiger partial charge in [0.1, 0.15) is 5.82 Å². The quantitative estimate of drug-likeness (QED) is 0.704. The lowest BCUT2D eigenvalue weighted by atomic mass is 9.96. The van der Waals surface area contributed by atoms with Crippen LogP contribution >= 0.6 is 0 Å². The van der Waals surface area contributed by atoms with Crippen molar-refractivity contribution in [2.75, 3.05) is 18.0 Å². The third-order valence-electron chi connectivity index (χ3n) is 6.30. The van der Waals surface area contributed by atoms with Crippen LogP contribution in [0.25, 0.3) is 10.9 Å². The van der Waals surface area contributed by atoms with Crippen molar-refractivity contribution < 1.29 is 0 Å². The topological polar surface area (TPSA) is 51.0 Å². The molecule has 28 heavy (non-hydrogen) atoms. The van der Waals surface area contributed by atoms with E-state index in [1.54, 1.807) is 4.68 Å². The number of pyridine rings is 1. The van der Waals surface area contributed by atoms with Crippen LogP contribution in [0, 0.1) is 12.8 Å². The van der Waals surface area contributed by atoms with Crippen molar-refractivity contribution in [1.82, 2.24) is 14.8 Å². The van der Waals surface area contributed by atoms with Gasteiger partial charge in [-0.3, -0.25) is 4.79 Å². The van der Waals surface area contributed by atoms with E-state index in [9.17, 15) is 4.79 Å². The van der Waals surface area contributed by atoms with Crippen molar-refractivity contribution in [3.05, 3.63) is 63.6 Å². The van der Waals surface area contributed by atoms with Crippen molar-refractivity contribution in [1.29, 1.82) is 0 Å². The third kappa shape index (κ3) is 3.19. The molecule has 0 saturated carbocycles. The molecule has 1 fully saturated rings. The molecule has 0 spiro atoms. The molecule has 0 amide bonds. The number of piperidine rings is 1. The molecule has 144 valence electrons. The van der Waals surface area contributed by atoms with Gasteiger partial charge in [-0.25, -0.2) is 9.67 Å². The highest BCUT2D eigenvalue weighted by atomic mass is 16.1. The molecular weight excluding hydrogens is 348 g/mol. The first-order valence-corrected chi connectivity index (χ1v) is 10.4. The predicted octanol–water partition coefficient (Wildman–Crippen LogP) is 3.51. The molecule has 5 nitrogen and oxygen atoms in total. The fraction of sp³-hybridized carbons (Fsp3) is 0.435. The molecule has 0 bridgehead atoms. The zero-order valence-electron chi connectivity index (χ0n) is 16.4.